The highest BCUT2D eigenvalue weighted by Crippen LogP contribution is 2.38. The van der Waals surface area contributed by atoms with Gasteiger partial charge in [-0.15, -0.1) is 0 Å². The molecule has 6 nitrogen and oxygen atoms in total. The van der Waals surface area contributed by atoms with Gasteiger partial charge in [0, 0.05) is 0 Å². The monoisotopic (exact) mass is 376 g/mol. The molecule has 1 saturated heterocycles. The summed E-state index contributed by atoms with van der Waals surface area (Å²) >= 11 is 6.04. The van der Waals surface area contributed by atoms with Crippen molar-refractivity contribution in [2.24, 2.45) is 0 Å². The molecule has 0 spiro atoms. The van der Waals surface area contributed by atoms with Gasteiger partial charge in [-0.2, -0.15) is 0 Å². The molecule has 0 N–H and O–H groups in total. The van der Waals surface area contributed by atoms with Crippen LogP contribution in [0.5, 0.6) is 0 Å². The molecular weight excluding hydrogens is 359 g/mol. The fraction of sp³-hybridized carbons (Fsp3) is 0.389. The Morgan fingerprint density at radius 3 is 2.92 bits per heavy atom. The molecule has 0 bridgehead atoms. The number of ether oxygens (including phenoxy) is 2. The van der Waals surface area contributed by atoms with Crippen molar-refractivity contribution < 1.29 is 13.9 Å². The molecule has 0 aliphatic carbocycles. The second-order valence-corrected chi connectivity index (χ2v) is 6.75. The standard InChI is InChI=1S/C18H18ClFN4O2/c19-16-15-17(22-11-21-16)24(12-23-15)14-6-7-18(9-20,26-14)10-25-8-13-4-2-1-3-5-13/h1-5,11-12,14H,6-10H2/t14-,18-/m1/s1. The quantitative estimate of drug-likeness (QED) is 0.614. The zero-order valence-corrected chi connectivity index (χ0v) is 14.8. The number of aromatic nitrogens is 4. The van der Waals surface area contributed by atoms with Gasteiger partial charge in [-0.3, -0.25) is 4.57 Å². The molecule has 26 heavy (non-hydrogen) atoms. The second-order valence-electron chi connectivity index (χ2n) is 6.39. The SMILES string of the molecule is FC[C@@]1(COCc2ccccc2)CC[C@H](n2cnc3c(Cl)ncnc32)O1. The smallest absolute Gasteiger partial charge is 0.166 e. The van der Waals surface area contributed by atoms with Crippen molar-refractivity contribution in [2.45, 2.75) is 31.3 Å². The molecule has 4 rings (SSSR count). The van der Waals surface area contributed by atoms with Gasteiger partial charge in [-0.1, -0.05) is 41.9 Å². The average Bonchev–Trinajstić information content (AvgIpc) is 3.28. The van der Waals surface area contributed by atoms with Crippen LogP contribution in [0.25, 0.3) is 11.2 Å². The van der Waals surface area contributed by atoms with Crippen molar-refractivity contribution in [1.29, 1.82) is 0 Å². The van der Waals surface area contributed by atoms with Gasteiger partial charge >= 0.3 is 0 Å². The van der Waals surface area contributed by atoms with Crippen molar-refractivity contribution in [1.82, 2.24) is 19.5 Å². The third kappa shape index (κ3) is 3.30. The van der Waals surface area contributed by atoms with E-state index < -0.39 is 12.3 Å². The highest BCUT2D eigenvalue weighted by Gasteiger charge is 2.42. The number of rotatable bonds is 6. The topological polar surface area (TPSA) is 62.1 Å². The summed E-state index contributed by atoms with van der Waals surface area (Å²) in [6.07, 6.45) is 3.83. The molecule has 3 heterocycles. The van der Waals surface area contributed by atoms with Crippen LogP contribution in [0.3, 0.4) is 0 Å². The van der Waals surface area contributed by atoms with Gasteiger partial charge in [-0.05, 0) is 18.4 Å². The van der Waals surface area contributed by atoms with Gasteiger partial charge in [0.05, 0.1) is 19.5 Å². The largest absolute Gasteiger partial charge is 0.374 e. The summed E-state index contributed by atoms with van der Waals surface area (Å²) in [4.78, 5) is 12.4. The van der Waals surface area contributed by atoms with Gasteiger partial charge < -0.3 is 9.47 Å². The lowest BCUT2D eigenvalue weighted by atomic mass is 10.0. The van der Waals surface area contributed by atoms with Crippen molar-refractivity contribution >= 4 is 22.8 Å². The molecular formula is C18H18ClFN4O2. The summed E-state index contributed by atoms with van der Waals surface area (Å²) in [5.74, 6) is 0. The van der Waals surface area contributed by atoms with E-state index in [4.69, 9.17) is 21.1 Å². The fourth-order valence-electron chi connectivity index (χ4n) is 3.20. The minimum atomic E-state index is -0.952. The highest BCUT2D eigenvalue weighted by atomic mass is 35.5. The lowest BCUT2D eigenvalue weighted by molar-refractivity contribution is -0.123. The number of alkyl halides is 1. The maximum absolute atomic E-state index is 13.8. The first kappa shape index (κ1) is 17.3. The van der Waals surface area contributed by atoms with Gasteiger partial charge in [0.2, 0.25) is 0 Å². The molecule has 8 heteroatoms. The minimum absolute atomic E-state index is 0.192. The van der Waals surface area contributed by atoms with Crippen LogP contribution >= 0.6 is 11.6 Å². The van der Waals surface area contributed by atoms with Crippen molar-refractivity contribution in [2.75, 3.05) is 13.3 Å². The zero-order chi connectivity index (χ0) is 18.0. The lowest BCUT2D eigenvalue weighted by Gasteiger charge is -2.26. The molecule has 1 fully saturated rings. The Bertz CT molecular complexity index is 891. The van der Waals surface area contributed by atoms with E-state index in [9.17, 15) is 4.39 Å². The third-order valence-corrected chi connectivity index (χ3v) is 4.85. The van der Waals surface area contributed by atoms with E-state index in [0.717, 1.165) is 5.56 Å². The maximum Gasteiger partial charge on any atom is 0.166 e. The van der Waals surface area contributed by atoms with Gasteiger partial charge in [0.25, 0.3) is 0 Å². The lowest BCUT2D eigenvalue weighted by Crippen LogP contribution is -2.37. The zero-order valence-electron chi connectivity index (χ0n) is 14.0. The molecule has 1 aromatic carbocycles. The Morgan fingerprint density at radius 2 is 2.12 bits per heavy atom. The number of halogens is 2. The molecule has 1 aliphatic heterocycles. The number of benzene rings is 1. The summed E-state index contributed by atoms with van der Waals surface area (Å²) < 4.78 is 27.4. The maximum atomic E-state index is 13.8. The van der Waals surface area contributed by atoms with Crippen LogP contribution in [0.15, 0.2) is 43.0 Å². The van der Waals surface area contributed by atoms with E-state index in [-0.39, 0.29) is 18.0 Å². The number of nitrogens with zero attached hydrogens (tertiary/aromatic N) is 4. The predicted octanol–water partition coefficient (Wildman–Crippen LogP) is 3.71. The number of hydrogen-bond donors (Lipinski definition) is 0. The molecule has 3 aromatic rings. The van der Waals surface area contributed by atoms with Crippen LogP contribution in [0.2, 0.25) is 5.15 Å². The van der Waals surface area contributed by atoms with E-state index in [1.807, 2.05) is 30.3 Å². The number of fused-ring (bicyclic) bond motifs is 1. The Kier molecular flexibility index (Phi) is 4.84. The molecule has 2 aromatic heterocycles. The molecule has 136 valence electrons. The van der Waals surface area contributed by atoms with E-state index in [1.165, 1.54) is 6.33 Å². The summed E-state index contributed by atoms with van der Waals surface area (Å²) in [6, 6.07) is 9.79. The first-order valence-corrected chi connectivity index (χ1v) is 8.77. The van der Waals surface area contributed by atoms with Crippen LogP contribution in [0.1, 0.15) is 24.6 Å². The predicted molar refractivity (Wildman–Crippen MR) is 94.5 cm³/mol. The Morgan fingerprint density at radius 1 is 1.27 bits per heavy atom. The number of imidazole rings is 1. The third-order valence-electron chi connectivity index (χ3n) is 4.58. The Hall–Kier alpha value is -2.09. The Balaban J connectivity index is 1.45. The van der Waals surface area contributed by atoms with Crippen molar-refractivity contribution in [3.63, 3.8) is 0 Å². The molecule has 1 aliphatic rings. The molecule has 0 unspecified atom stereocenters. The van der Waals surface area contributed by atoms with Crippen LogP contribution in [-0.2, 0) is 16.1 Å². The first-order valence-electron chi connectivity index (χ1n) is 8.39. The average molecular weight is 377 g/mol. The normalized spacial score (nSPS) is 22.9. The fourth-order valence-corrected chi connectivity index (χ4v) is 3.37. The molecule has 2 atom stereocenters. The summed E-state index contributed by atoms with van der Waals surface area (Å²) in [5.41, 5.74) is 1.18. The summed E-state index contributed by atoms with van der Waals surface area (Å²) in [6.45, 7) is 0.00534. The second kappa shape index (κ2) is 7.26. The van der Waals surface area contributed by atoms with E-state index >= 15 is 0 Å². The van der Waals surface area contributed by atoms with Gasteiger partial charge in [-0.25, -0.2) is 19.3 Å². The van der Waals surface area contributed by atoms with Crippen LogP contribution in [0, 0.1) is 0 Å². The van der Waals surface area contributed by atoms with Gasteiger partial charge in [0.15, 0.2) is 10.8 Å². The highest BCUT2D eigenvalue weighted by molar-refractivity contribution is 6.33. The van der Waals surface area contributed by atoms with Crippen LogP contribution in [-0.4, -0.2) is 38.4 Å². The van der Waals surface area contributed by atoms with Crippen LogP contribution in [0.4, 0.5) is 4.39 Å². The van der Waals surface area contributed by atoms with Gasteiger partial charge in [0.1, 0.15) is 30.3 Å². The van der Waals surface area contributed by atoms with E-state index in [2.05, 4.69) is 15.0 Å². The minimum Gasteiger partial charge on any atom is -0.374 e. The van der Waals surface area contributed by atoms with E-state index in [0.29, 0.717) is 30.6 Å². The Labute approximate surface area is 154 Å². The molecule has 0 saturated carbocycles. The number of hydrogen-bond acceptors (Lipinski definition) is 5. The van der Waals surface area contributed by atoms with Crippen LogP contribution < -0.4 is 0 Å². The molecule has 0 amide bonds. The van der Waals surface area contributed by atoms with Crippen molar-refractivity contribution in [3.8, 4) is 0 Å². The summed E-state index contributed by atoms with van der Waals surface area (Å²) in [5, 5.41) is 0.287. The first-order chi connectivity index (χ1) is 12.7. The molecule has 0 radical (unpaired) electrons. The van der Waals surface area contributed by atoms with Crippen molar-refractivity contribution in [3.05, 3.63) is 53.7 Å². The summed E-state index contributed by atoms with van der Waals surface area (Å²) in [7, 11) is 0. The van der Waals surface area contributed by atoms with E-state index in [1.54, 1.807) is 10.9 Å².